The van der Waals surface area contributed by atoms with Crippen LogP contribution >= 0.6 is 0 Å². The largest absolute Gasteiger partial charge is 0.362 e. The highest BCUT2D eigenvalue weighted by Crippen LogP contribution is 2.30. The minimum Gasteiger partial charge on any atom is -0.362 e. The first-order valence-electron chi connectivity index (χ1n) is 11.8. The van der Waals surface area contributed by atoms with E-state index in [1.165, 1.54) is 42.5 Å². The molecule has 2 heterocycles. The molecular weight excluding hydrogens is 530 g/mol. The molecule has 1 saturated heterocycles. The second-order valence-electron chi connectivity index (χ2n) is 8.36. The topological polar surface area (TPSA) is 177 Å². The number of amides is 1. The number of piperazine rings is 1. The molecule has 0 bridgehead atoms. The molecule has 1 aromatic heterocycles. The van der Waals surface area contributed by atoms with Crippen molar-refractivity contribution in [1.82, 2.24) is 20.2 Å². The molecule has 0 spiro atoms. The molecule has 1 aliphatic heterocycles. The Morgan fingerprint density at radius 2 is 1.64 bits per heavy atom. The van der Waals surface area contributed by atoms with Crippen molar-refractivity contribution in [3.8, 4) is 0 Å². The van der Waals surface area contributed by atoms with Crippen molar-refractivity contribution in [3.63, 3.8) is 0 Å². The van der Waals surface area contributed by atoms with Crippen LogP contribution in [0.2, 0.25) is 0 Å². The number of nitrogens with zero attached hydrogens (tertiary/aromatic N) is 5. The van der Waals surface area contributed by atoms with E-state index in [1.807, 2.05) is 9.80 Å². The number of carbonyl (C=O) groups is 2. The first-order valence-corrected chi connectivity index (χ1v) is 13.3. The van der Waals surface area contributed by atoms with E-state index >= 15 is 0 Å². The maximum Gasteiger partial charge on any atom is 0.327 e. The Bertz CT molecular complexity index is 1430. The van der Waals surface area contributed by atoms with Gasteiger partial charge in [0.25, 0.3) is 21.6 Å². The van der Waals surface area contributed by atoms with Gasteiger partial charge in [-0.25, -0.2) is 18.4 Å². The fourth-order valence-electron chi connectivity index (χ4n) is 3.86. The average Bonchev–Trinajstić information content (AvgIpc) is 2.97. The highest BCUT2D eigenvalue weighted by molar-refractivity contribution is 7.89. The molecule has 0 radical (unpaired) electrons. The van der Waals surface area contributed by atoms with Crippen LogP contribution in [0.15, 0.2) is 71.9 Å². The summed E-state index contributed by atoms with van der Waals surface area (Å²) >= 11 is 0. The Morgan fingerprint density at radius 1 is 0.974 bits per heavy atom. The molecule has 4 rings (SSSR count). The van der Waals surface area contributed by atoms with Crippen LogP contribution in [-0.2, 0) is 19.7 Å². The predicted octanol–water partition coefficient (Wildman–Crippen LogP) is 1.27. The molecule has 1 fully saturated rings. The summed E-state index contributed by atoms with van der Waals surface area (Å²) in [5.41, 5.74) is 0.209. The van der Waals surface area contributed by atoms with Crippen LogP contribution in [0.3, 0.4) is 0 Å². The summed E-state index contributed by atoms with van der Waals surface area (Å²) in [6, 6.07) is 13.2. The third-order valence-electron chi connectivity index (χ3n) is 5.82. The van der Waals surface area contributed by atoms with Gasteiger partial charge in [0.1, 0.15) is 5.69 Å². The number of anilines is 2. The van der Waals surface area contributed by atoms with E-state index in [2.05, 4.69) is 20.1 Å². The molecule has 39 heavy (non-hydrogen) atoms. The van der Waals surface area contributed by atoms with Crippen molar-refractivity contribution >= 4 is 39.2 Å². The number of aromatic nitrogens is 2. The molecule has 2 aromatic carbocycles. The van der Waals surface area contributed by atoms with E-state index in [4.69, 9.17) is 0 Å². The molecule has 0 unspecified atom stereocenters. The third-order valence-corrected chi connectivity index (χ3v) is 7.02. The van der Waals surface area contributed by atoms with Crippen molar-refractivity contribution in [2.24, 2.45) is 0 Å². The Morgan fingerprint density at radius 3 is 2.31 bits per heavy atom. The van der Waals surface area contributed by atoms with E-state index in [0.717, 1.165) is 0 Å². The molecule has 1 aliphatic rings. The van der Waals surface area contributed by atoms with Gasteiger partial charge < -0.3 is 20.0 Å². The average molecular weight is 556 g/mol. The van der Waals surface area contributed by atoms with Crippen molar-refractivity contribution in [2.75, 3.05) is 42.5 Å². The lowest BCUT2D eigenvalue weighted by molar-refractivity contribution is -0.384. The van der Waals surface area contributed by atoms with Crippen LogP contribution in [0.1, 0.15) is 16.8 Å². The number of nitro groups is 1. The van der Waals surface area contributed by atoms with Crippen LogP contribution in [-0.4, -0.2) is 67.9 Å². The highest BCUT2D eigenvalue weighted by Gasteiger charge is 2.26. The quantitative estimate of drug-likeness (QED) is 0.272. The van der Waals surface area contributed by atoms with Gasteiger partial charge in [-0.2, -0.15) is 0 Å². The minimum atomic E-state index is -4.04. The lowest BCUT2D eigenvalue weighted by atomic mass is 10.1. The molecule has 15 heteroatoms. The Hall–Kier alpha value is -4.63. The zero-order chi connectivity index (χ0) is 27.8. The van der Waals surface area contributed by atoms with Gasteiger partial charge in [0.15, 0.2) is 0 Å². The SMILES string of the molecule is O=C(CCNC(=O)c1ccc(N2CCN(c3ncccn3)CC2)c([N+](=O)[O-])c1)ONS(=O)(=O)c1ccccc1. The number of sulfonamides is 1. The molecule has 1 amide bonds. The van der Waals surface area contributed by atoms with Gasteiger partial charge in [-0.05, 0) is 35.2 Å². The third kappa shape index (κ3) is 7.03. The summed E-state index contributed by atoms with van der Waals surface area (Å²) < 4.78 is 24.2. The second-order valence-corrected chi connectivity index (χ2v) is 10.0. The Balaban J connectivity index is 1.29. The number of carbonyl (C=O) groups excluding carboxylic acids is 2. The smallest absolute Gasteiger partial charge is 0.327 e. The standard InChI is InChI=1S/C24H25N7O7S/c32-22(38-28-39(36,37)19-5-2-1-3-6-19)9-12-25-23(33)18-7-8-20(21(17-18)31(34)35)29-13-15-30(16-14-29)24-26-10-4-11-27-24/h1-8,10-11,17,28H,9,12-16H2,(H,25,33). The van der Waals surface area contributed by atoms with E-state index in [9.17, 15) is 28.1 Å². The molecule has 0 atom stereocenters. The molecule has 14 nitrogen and oxygen atoms in total. The molecule has 2 N–H and O–H groups in total. The van der Waals surface area contributed by atoms with Crippen LogP contribution in [0, 0.1) is 10.1 Å². The second kappa shape index (κ2) is 12.3. The lowest BCUT2D eigenvalue weighted by Gasteiger charge is -2.35. The number of rotatable bonds is 10. The van der Waals surface area contributed by atoms with Crippen molar-refractivity contribution in [3.05, 3.63) is 82.7 Å². The zero-order valence-corrected chi connectivity index (χ0v) is 21.4. The molecule has 3 aromatic rings. The predicted molar refractivity (Wildman–Crippen MR) is 139 cm³/mol. The number of nitro benzene ring substituents is 1. The highest BCUT2D eigenvalue weighted by atomic mass is 32.2. The van der Waals surface area contributed by atoms with Gasteiger partial charge in [-0.15, -0.1) is 0 Å². The molecular formula is C24H25N7O7S. The molecule has 0 aliphatic carbocycles. The zero-order valence-electron chi connectivity index (χ0n) is 20.6. The summed E-state index contributed by atoms with van der Waals surface area (Å²) in [4.78, 5) is 54.3. The number of hydrogen-bond acceptors (Lipinski definition) is 11. The Kier molecular flexibility index (Phi) is 8.63. The molecule has 204 valence electrons. The summed E-state index contributed by atoms with van der Waals surface area (Å²) in [6.45, 7) is 1.97. The van der Waals surface area contributed by atoms with E-state index in [1.54, 1.807) is 29.4 Å². The molecule has 0 saturated carbocycles. The maximum atomic E-state index is 12.6. The maximum absolute atomic E-state index is 12.6. The fraction of sp³-hybridized carbons (Fsp3) is 0.250. The summed E-state index contributed by atoms with van der Waals surface area (Å²) in [5.74, 6) is -0.958. The van der Waals surface area contributed by atoms with Crippen LogP contribution in [0.5, 0.6) is 0 Å². The van der Waals surface area contributed by atoms with Gasteiger partial charge >= 0.3 is 5.97 Å². The monoisotopic (exact) mass is 555 g/mol. The fourth-order valence-corrected chi connectivity index (χ4v) is 4.67. The van der Waals surface area contributed by atoms with Crippen LogP contribution in [0.4, 0.5) is 17.3 Å². The van der Waals surface area contributed by atoms with Gasteiger partial charge in [-0.1, -0.05) is 18.2 Å². The Labute approximate surface area is 223 Å². The normalized spacial score (nSPS) is 13.5. The van der Waals surface area contributed by atoms with Gasteiger partial charge in [0, 0.05) is 56.7 Å². The van der Waals surface area contributed by atoms with E-state index in [0.29, 0.717) is 37.8 Å². The number of nitrogens with one attached hydrogen (secondary N) is 2. The van der Waals surface area contributed by atoms with Crippen LogP contribution < -0.4 is 20.0 Å². The summed E-state index contributed by atoms with van der Waals surface area (Å²) in [7, 11) is -4.04. The van der Waals surface area contributed by atoms with Crippen molar-refractivity contribution < 1.29 is 27.8 Å². The first-order chi connectivity index (χ1) is 18.7. The van der Waals surface area contributed by atoms with Gasteiger partial charge in [-0.3, -0.25) is 19.7 Å². The number of hydrogen-bond donors (Lipinski definition) is 2. The first kappa shape index (κ1) is 27.4. The van der Waals surface area contributed by atoms with E-state index < -0.39 is 26.8 Å². The van der Waals surface area contributed by atoms with Crippen molar-refractivity contribution in [1.29, 1.82) is 0 Å². The summed E-state index contributed by atoms with van der Waals surface area (Å²) in [6.07, 6.45) is 2.97. The lowest BCUT2D eigenvalue weighted by Crippen LogP contribution is -2.47. The number of benzene rings is 2. The van der Waals surface area contributed by atoms with Crippen molar-refractivity contribution in [2.45, 2.75) is 11.3 Å². The van der Waals surface area contributed by atoms with Crippen LogP contribution in [0.25, 0.3) is 0 Å². The van der Waals surface area contributed by atoms with Gasteiger partial charge in [0.05, 0.1) is 16.2 Å². The van der Waals surface area contributed by atoms with Gasteiger partial charge in [0.2, 0.25) is 5.95 Å². The minimum absolute atomic E-state index is 0.0416. The van der Waals surface area contributed by atoms with E-state index in [-0.39, 0.29) is 29.1 Å². The summed E-state index contributed by atoms with van der Waals surface area (Å²) in [5, 5.41) is 14.3.